The van der Waals surface area contributed by atoms with E-state index in [1.54, 1.807) is 12.1 Å². The van der Waals surface area contributed by atoms with Gasteiger partial charge in [-0.2, -0.15) is 0 Å². The number of hydrogen-bond acceptors (Lipinski definition) is 1. The largest absolute Gasteiger partial charge is 0.379 e. The molecule has 19 heavy (non-hydrogen) atoms. The van der Waals surface area contributed by atoms with Crippen molar-refractivity contribution in [3.8, 4) is 0 Å². The number of nitrogens with one attached hydrogen (secondary N) is 1. The third-order valence-corrected chi connectivity index (χ3v) is 2.96. The van der Waals surface area contributed by atoms with Gasteiger partial charge in [-0.25, -0.2) is 4.39 Å². The lowest BCUT2D eigenvalue weighted by molar-refractivity contribution is 0.634. The lowest BCUT2D eigenvalue weighted by Gasteiger charge is -2.05. The van der Waals surface area contributed by atoms with Crippen LogP contribution in [0.15, 0.2) is 54.4 Å². The normalized spacial score (nSPS) is 11.4. The van der Waals surface area contributed by atoms with E-state index in [4.69, 9.17) is 11.6 Å². The summed E-state index contributed by atoms with van der Waals surface area (Å²) in [6.07, 6.45) is 1.53. The molecule has 0 bridgehead atoms. The van der Waals surface area contributed by atoms with Gasteiger partial charge in [0.05, 0.1) is 6.54 Å². The summed E-state index contributed by atoms with van der Waals surface area (Å²) in [5.41, 5.74) is 2.87. The van der Waals surface area contributed by atoms with Crippen LogP contribution in [-0.4, -0.2) is 6.54 Å². The number of anilines is 1. The van der Waals surface area contributed by atoms with E-state index in [9.17, 15) is 4.39 Å². The van der Waals surface area contributed by atoms with Crippen LogP contribution in [0.4, 0.5) is 10.1 Å². The Morgan fingerprint density at radius 1 is 1.11 bits per heavy atom. The van der Waals surface area contributed by atoms with E-state index >= 15 is 0 Å². The number of benzene rings is 2. The van der Waals surface area contributed by atoms with Crippen molar-refractivity contribution in [3.05, 3.63) is 70.5 Å². The molecule has 1 nitrogen and oxygen atoms in total. The van der Waals surface area contributed by atoms with Crippen LogP contribution in [-0.2, 0) is 0 Å². The summed E-state index contributed by atoms with van der Waals surface area (Å²) in [5.74, 6) is -0.209. The molecule has 0 saturated carbocycles. The van der Waals surface area contributed by atoms with Crippen molar-refractivity contribution in [3.63, 3.8) is 0 Å². The van der Waals surface area contributed by atoms with Gasteiger partial charge in [-0.3, -0.25) is 0 Å². The van der Waals surface area contributed by atoms with E-state index in [1.807, 2.05) is 43.3 Å². The van der Waals surface area contributed by atoms with Gasteiger partial charge in [-0.15, -0.1) is 0 Å². The SMILES string of the molecule is Cc1ccc(/C=C(\F)CNc2ccc(Cl)cc2)cc1. The minimum Gasteiger partial charge on any atom is -0.379 e. The Balaban J connectivity index is 1.95. The Labute approximate surface area is 117 Å². The maximum atomic E-state index is 13.7. The van der Waals surface area contributed by atoms with Gasteiger partial charge in [0.2, 0.25) is 0 Å². The van der Waals surface area contributed by atoms with Crippen LogP contribution < -0.4 is 5.32 Å². The van der Waals surface area contributed by atoms with Crippen molar-refractivity contribution in [2.75, 3.05) is 11.9 Å². The minimum atomic E-state index is -0.209. The van der Waals surface area contributed by atoms with Gasteiger partial charge in [-0.05, 0) is 42.8 Å². The molecule has 98 valence electrons. The first kappa shape index (κ1) is 13.6. The molecule has 1 N–H and O–H groups in total. The zero-order chi connectivity index (χ0) is 13.7. The van der Waals surface area contributed by atoms with Gasteiger partial charge in [0.1, 0.15) is 5.83 Å². The van der Waals surface area contributed by atoms with Crippen LogP contribution in [0.5, 0.6) is 0 Å². The van der Waals surface area contributed by atoms with Crippen LogP contribution >= 0.6 is 11.6 Å². The molecule has 0 unspecified atom stereocenters. The van der Waals surface area contributed by atoms with E-state index < -0.39 is 0 Å². The average Bonchev–Trinajstić information content (AvgIpc) is 2.41. The molecular formula is C16H15ClFN. The molecule has 0 amide bonds. The summed E-state index contributed by atoms with van der Waals surface area (Å²) >= 11 is 5.78. The second-order valence-electron chi connectivity index (χ2n) is 4.36. The number of rotatable bonds is 4. The van der Waals surface area contributed by atoms with Crippen LogP contribution in [0.3, 0.4) is 0 Å². The van der Waals surface area contributed by atoms with Gasteiger partial charge in [0.25, 0.3) is 0 Å². The van der Waals surface area contributed by atoms with E-state index in [0.29, 0.717) is 5.02 Å². The maximum Gasteiger partial charge on any atom is 0.120 e. The summed E-state index contributed by atoms with van der Waals surface area (Å²) < 4.78 is 13.7. The van der Waals surface area contributed by atoms with Gasteiger partial charge in [0, 0.05) is 10.7 Å². The van der Waals surface area contributed by atoms with Crippen molar-refractivity contribution in [2.24, 2.45) is 0 Å². The lowest BCUT2D eigenvalue weighted by atomic mass is 10.1. The fourth-order valence-corrected chi connectivity index (χ4v) is 1.77. The van der Waals surface area contributed by atoms with Crippen molar-refractivity contribution in [1.29, 1.82) is 0 Å². The third kappa shape index (κ3) is 4.42. The molecule has 0 spiro atoms. The van der Waals surface area contributed by atoms with Crippen LogP contribution in [0.1, 0.15) is 11.1 Å². The van der Waals surface area contributed by atoms with Crippen LogP contribution in [0, 0.1) is 6.92 Å². The second-order valence-corrected chi connectivity index (χ2v) is 4.80. The highest BCUT2D eigenvalue weighted by molar-refractivity contribution is 6.30. The first-order valence-electron chi connectivity index (χ1n) is 6.06. The van der Waals surface area contributed by atoms with Crippen LogP contribution in [0.25, 0.3) is 6.08 Å². The summed E-state index contributed by atoms with van der Waals surface area (Å²) in [6, 6.07) is 14.9. The summed E-state index contributed by atoms with van der Waals surface area (Å²) in [4.78, 5) is 0. The standard InChI is InChI=1S/C16H15ClFN/c1-12-2-4-13(5-3-12)10-15(18)11-19-16-8-6-14(17)7-9-16/h2-10,19H,11H2,1H3/b15-10-. The molecule has 0 radical (unpaired) electrons. The molecule has 3 heteroatoms. The van der Waals surface area contributed by atoms with Crippen molar-refractivity contribution in [1.82, 2.24) is 0 Å². The highest BCUT2D eigenvalue weighted by atomic mass is 35.5. The number of aryl methyl sites for hydroxylation is 1. The Morgan fingerprint density at radius 3 is 2.37 bits per heavy atom. The molecule has 0 atom stereocenters. The quantitative estimate of drug-likeness (QED) is 0.821. The summed E-state index contributed by atoms with van der Waals surface area (Å²) in [5, 5.41) is 3.67. The van der Waals surface area contributed by atoms with Crippen molar-refractivity contribution in [2.45, 2.75) is 6.92 Å². The van der Waals surface area contributed by atoms with Gasteiger partial charge >= 0.3 is 0 Å². The van der Waals surface area contributed by atoms with Gasteiger partial charge in [-0.1, -0.05) is 41.4 Å². The zero-order valence-corrected chi connectivity index (χ0v) is 11.4. The monoisotopic (exact) mass is 275 g/mol. The minimum absolute atomic E-state index is 0.162. The summed E-state index contributed by atoms with van der Waals surface area (Å²) in [7, 11) is 0. The molecule has 0 aliphatic rings. The fourth-order valence-electron chi connectivity index (χ4n) is 1.65. The predicted octanol–water partition coefficient (Wildman–Crippen LogP) is 5.07. The molecule has 0 aliphatic carbocycles. The van der Waals surface area contributed by atoms with Crippen LogP contribution in [0.2, 0.25) is 5.02 Å². The molecule has 2 aromatic rings. The first-order chi connectivity index (χ1) is 9.13. The highest BCUT2D eigenvalue weighted by Gasteiger charge is 1.97. The second kappa shape index (κ2) is 6.39. The Hall–Kier alpha value is -1.80. The fraction of sp³-hybridized carbons (Fsp3) is 0.125. The highest BCUT2D eigenvalue weighted by Crippen LogP contribution is 2.15. The molecular weight excluding hydrogens is 261 g/mol. The molecule has 0 aliphatic heterocycles. The van der Waals surface area contributed by atoms with Crippen molar-refractivity contribution < 1.29 is 4.39 Å². The summed E-state index contributed by atoms with van der Waals surface area (Å²) in [6.45, 7) is 2.17. The van der Waals surface area contributed by atoms with E-state index in [1.165, 1.54) is 6.08 Å². The molecule has 0 saturated heterocycles. The van der Waals surface area contributed by atoms with E-state index in [-0.39, 0.29) is 12.4 Å². The lowest BCUT2D eigenvalue weighted by Crippen LogP contribution is -2.01. The Bertz CT molecular complexity index is 558. The molecule has 0 heterocycles. The number of hydrogen-bond donors (Lipinski definition) is 1. The number of halogens is 2. The molecule has 0 aromatic heterocycles. The topological polar surface area (TPSA) is 12.0 Å². The third-order valence-electron chi connectivity index (χ3n) is 2.71. The van der Waals surface area contributed by atoms with Gasteiger partial charge < -0.3 is 5.32 Å². The van der Waals surface area contributed by atoms with E-state index in [0.717, 1.165) is 16.8 Å². The average molecular weight is 276 g/mol. The Kier molecular flexibility index (Phi) is 4.58. The maximum absolute atomic E-state index is 13.7. The molecule has 0 fully saturated rings. The predicted molar refractivity (Wildman–Crippen MR) is 80.2 cm³/mol. The molecule has 2 aromatic carbocycles. The Morgan fingerprint density at radius 2 is 1.74 bits per heavy atom. The molecule has 2 rings (SSSR count). The zero-order valence-electron chi connectivity index (χ0n) is 10.7. The van der Waals surface area contributed by atoms with Crippen molar-refractivity contribution >= 4 is 23.4 Å². The van der Waals surface area contributed by atoms with E-state index in [2.05, 4.69) is 5.32 Å². The first-order valence-corrected chi connectivity index (χ1v) is 6.43. The smallest absolute Gasteiger partial charge is 0.120 e. The van der Waals surface area contributed by atoms with Gasteiger partial charge in [0.15, 0.2) is 0 Å².